The van der Waals surface area contributed by atoms with Crippen molar-refractivity contribution in [3.8, 4) is 17.1 Å². The van der Waals surface area contributed by atoms with Gasteiger partial charge in [-0.1, -0.05) is 52.8 Å². The number of carbonyl (C=O) groups is 1. The number of carbonyl (C=O) groups excluding carboxylic acids is 1. The van der Waals surface area contributed by atoms with E-state index in [4.69, 9.17) is 14.3 Å². The predicted molar refractivity (Wildman–Crippen MR) is 120 cm³/mol. The molecule has 0 spiro atoms. The third-order valence-corrected chi connectivity index (χ3v) is 5.79. The lowest BCUT2D eigenvalue weighted by Gasteiger charge is -2.25. The van der Waals surface area contributed by atoms with E-state index in [-0.39, 0.29) is 18.6 Å². The maximum atomic E-state index is 13.6. The van der Waals surface area contributed by atoms with Gasteiger partial charge in [-0.2, -0.15) is 0 Å². The minimum absolute atomic E-state index is 0.0806. The minimum atomic E-state index is -0.113. The summed E-state index contributed by atoms with van der Waals surface area (Å²) in [4.78, 5) is 24.7. The fraction of sp³-hybridized carbons (Fsp3) is 0.240. The summed E-state index contributed by atoms with van der Waals surface area (Å²) in [6, 6.07) is 18.9. The van der Waals surface area contributed by atoms with E-state index in [0.717, 1.165) is 24.1 Å². The Morgan fingerprint density at radius 3 is 2.73 bits per heavy atom. The van der Waals surface area contributed by atoms with Crippen LogP contribution >= 0.6 is 0 Å². The van der Waals surface area contributed by atoms with Crippen LogP contribution in [0.25, 0.3) is 11.4 Å². The smallest absolute Gasteiger partial charge is 0.258 e. The van der Waals surface area contributed by atoms with Gasteiger partial charge in [-0.05, 0) is 38.0 Å². The van der Waals surface area contributed by atoms with Crippen LogP contribution in [-0.4, -0.2) is 37.6 Å². The van der Waals surface area contributed by atoms with Crippen molar-refractivity contribution in [2.45, 2.75) is 32.4 Å². The molecule has 2 aromatic carbocycles. The second-order valence-corrected chi connectivity index (χ2v) is 7.91. The third kappa shape index (κ3) is 4.32. The van der Waals surface area contributed by atoms with Gasteiger partial charge in [-0.25, -0.2) is 14.6 Å². The molecule has 0 saturated carbocycles. The predicted octanol–water partition coefficient (Wildman–Crippen LogP) is 4.39. The normalized spacial score (nSPS) is 15.5. The van der Waals surface area contributed by atoms with Gasteiger partial charge in [0.15, 0.2) is 5.82 Å². The molecule has 0 N–H and O–H groups in total. The van der Waals surface area contributed by atoms with Gasteiger partial charge >= 0.3 is 0 Å². The molecule has 1 aliphatic rings. The number of rotatable bonds is 6. The molecule has 2 aromatic heterocycles. The van der Waals surface area contributed by atoms with Crippen molar-refractivity contribution in [1.29, 1.82) is 0 Å². The highest BCUT2D eigenvalue weighted by atomic mass is 16.6. The monoisotopic (exact) mass is 441 g/mol. The standard InChI is InChI=1S/C25H23N5O3/c1-17-21(29-33-28-17)16-32-23-12-6-5-10-19(23)25(31)30-15-7-11-22(30)20-13-14-26-24(27-20)18-8-3-2-4-9-18/h2-6,8-10,12-14,22H,7,11,15-16H2,1H3/t22-/m1/s1. The summed E-state index contributed by atoms with van der Waals surface area (Å²) in [5.74, 6) is 1.08. The van der Waals surface area contributed by atoms with E-state index >= 15 is 0 Å². The first kappa shape index (κ1) is 20.8. The van der Waals surface area contributed by atoms with Crippen LogP contribution in [0.1, 0.15) is 46.3 Å². The molecule has 1 fully saturated rings. The van der Waals surface area contributed by atoms with E-state index in [1.807, 2.05) is 53.4 Å². The number of likely N-dealkylation sites (tertiary alicyclic amines) is 1. The van der Waals surface area contributed by atoms with Crippen LogP contribution in [0.5, 0.6) is 5.75 Å². The fourth-order valence-electron chi connectivity index (χ4n) is 4.05. The van der Waals surface area contributed by atoms with E-state index in [0.29, 0.717) is 35.1 Å². The highest BCUT2D eigenvalue weighted by molar-refractivity contribution is 5.97. The molecule has 8 nitrogen and oxygen atoms in total. The van der Waals surface area contributed by atoms with Crippen molar-refractivity contribution in [2.75, 3.05) is 6.54 Å². The number of hydrogen-bond acceptors (Lipinski definition) is 7. The molecule has 166 valence electrons. The highest BCUT2D eigenvalue weighted by Crippen LogP contribution is 2.34. The summed E-state index contributed by atoms with van der Waals surface area (Å²) in [5, 5.41) is 7.62. The Hall–Kier alpha value is -4.07. The number of hydrogen-bond donors (Lipinski definition) is 0. The van der Waals surface area contributed by atoms with Crippen LogP contribution < -0.4 is 4.74 Å². The maximum Gasteiger partial charge on any atom is 0.258 e. The zero-order chi connectivity index (χ0) is 22.6. The number of ether oxygens (including phenoxy) is 1. The van der Waals surface area contributed by atoms with Crippen molar-refractivity contribution in [1.82, 2.24) is 25.2 Å². The number of nitrogens with zero attached hydrogens (tertiary/aromatic N) is 5. The Labute approximate surface area is 191 Å². The average Bonchev–Trinajstić information content (AvgIpc) is 3.52. The van der Waals surface area contributed by atoms with Crippen LogP contribution in [0.2, 0.25) is 0 Å². The summed E-state index contributed by atoms with van der Waals surface area (Å²) in [6.07, 6.45) is 3.52. The Morgan fingerprint density at radius 1 is 1.09 bits per heavy atom. The fourth-order valence-corrected chi connectivity index (χ4v) is 4.05. The molecule has 33 heavy (non-hydrogen) atoms. The van der Waals surface area contributed by atoms with Crippen LogP contribution in [0, 0.1) is 6.92 Å². The highest BCUT2D eigenvalue weighted by Gasteiger charge is 2.33. The lowest BCUT2D eigenvalue weighted by molar-refractivity contribution is 0.0728. The second kappa shape index (κ2) is 9.20. The largest absolute Gasteiger partial charge is 0.486 e. The van der Waals surface area contributed by atoms with Gasteiger partial charge in [0.05, 0.1) is 17.3 Å². The molecule has 4 aromatic rings. The quantitative estimate of drug-likeness (QED) is 0.438. The molecule has 0 radical (unpaired) electrons. The summed E-state index contributed by atoms with van der Waals surface area (Å²) < 4.78 is 10.7. The molecule has 0 unspecified atom stereocenters. The number of para-hydroxylation sites is 1. The van der Waals surface area contributed by atoms with Gasteiger partial charge in [0.1, 0.15) is 23.7 Å². The molecule has 1 amide bonds. The van der Waals surface area contributed by atoms with E-state index in [1.54, 1.807) is 25.3 Å². The Balaban J connectivity index is 1.39. The second-order valence-electron chi connectivity index (χ2n) is 7.91. The molecular weight excluding hydrogens is 418 g/mol. The molecule has 0 bridgehead atoms. The summed E-state index contributed by atoms with van der Waals surface area (Å²) in [5.41, 5.74) is 3.57. The molecule has 1 atom stereocenters. The van der Waals surface area contributed by atoms with Crippen LogP contribution in [0.15, 0.2) is 71.5 Å². The first-order valence-corrected chi connectivity index (χ1v) is 10.9. The lowest BCUT2D eigenvalue weighted by atomic mass is 10.1. The van der Waals surface area contributed by atoms with E-state index in [1.165, 1.54) is 0 Å². The molecular formula is C25H23N5O3. The summed E-state index contributed by atoms with van der Waals surface area (Å²) in [7, 11) is 0. The van der Waals surface area contributed by atoms with Crippen molar-refractivity contribution in [2.24, 2.45) is 0 Å². The van der Waals surface area contributed by atoms with Crippen LogP contribution in [0.4, 0.5) is 0 Å². The zero-order valence-electron chi connectivity index (χ0n) is 18.2. The van der Waals surface area contributed by atoms with E-state index in [9.17, 15) is 4.79 Å². The third-order valence-electron chi connectivity index (χ3n) is 5.79. The van der Waals surface area contributed by atoms with Gasteiger partial charge in [0.2, 0.25) is 0 Å². The number of aryl methyl sites for hydroxylation is 1. The Morgan fingerprint density at radius 2 is 1.91 bits per heavy atom. The number of benzene rings is 2. The van der Waals surface area contributed by atoms with Crippen LogP contribution in [0.3, 0.4) is 0 Å². The SMILES string of the molecule is Cc1nonc1COc1ccccc1C(=O)N1CCC[C@@H]1c1ccnc(-c2ccccc2)n1. The van der Waals surface area contributed by atoms with Gasteiger partial charge in [0, 0.05) is 18.3 Å². The molecule has 8 heteroatoms. The minimum Gasteiger partial charge on any atom is -0.486 e. The average molecular weight is 441 g/mol. The molecule has 1 aliphatic heterocycles. The maximum absolute atomic E-state index is 13.6. The zero-order valence-corrected chi connectivity index (χ0v) is 18.2. The van der Waals surface area contributed by atoms with Crippen molar-refractivity contribution >= 4 is 5.91 Å². The van der Waals surface area contributed by atoms with Gasteiger partial charge < -0.3 is 9.64 Å². The number of aromatic nitrogens is 4. The summed E-state index contributed by atoms with van der Waals surface area (Å²) >= 11 is 0. The lowest BCUT2D eigenvalue weighted by Crippen LogP contribution is -2.31. The van der Waals surface area contributed by atoms with Gasteiger partial charge in [0.25, 0.3) is 5.91 Å². The topological polar surface area (TPSA) is 94.2 Å². The van der Waals surface area contributed by atoms with E-state index < -0.39 is 0 Å². The molecule has 3 heterocycles. The van der Waals surface area contributed by atoms with Crippen molar-refractivity contribution < 1.29 is 14.2 Å². The Bertz CT molecular complexity index is 1260. The molecule has 5 rings (SSSR count). The van der Waals surface area contributed by atoms with Crippen molar-refractivity contribution in [3.63, 3.8) is 0 Å². The molecule has 1 saturated heterocycles. The van der Waals surface area contributed by atoms with Crippen LogP contribution in [-0.2, 0) is 6.61 Å². The first-order valence-electron chi connectivity index (χ1n) is 10.9. The van der Waals surface area contributed by atoms with Gasteiger partial charge in [-0.15, -0.1) is 0 Å². The number of amides is 1. The van der Waals surface area contributed by atoms with E-state index in [2.05, 4.69) is 15.3 Å². The van der Waals surface area contributed by atoms with Crippen molar-refractivity contribution in [3.05, 3.63) is 89.5 Å². The Kier molecular flexibility index (Phi) is 5.80. The first-order chi connectivity index (χ1) is 16.2. The molecule has 0 aliphatic carbocycles. The van der Waals surface area contributed by atoms with Gasteiger partial charge in [-0.3, -0.25) is 4.79 Å². The summed E-state index contributed by atoms with van der Waals surface area (Å²) in [6.45, 7) is 2.64.